The number of fused-ring (bicyclic) bond motifs is 2. The van der Waals surface area contributed by atoms with E-state index in [1.165, 1.54) is 11.1 Å². The summed E-state index contributed by atoms with van der Waals surface area (Å²) in [6.45, 7) is 2.79. The molecule has 32 heavy (non-hydrogen) atoms. The highest BCUT2D eigenvalue weighted by Gasteiger charge is 2.45. The van der Waals surface area contributed by atoms with E-state index in [2.05, 4.69) is 13.0 Å². The molecule has 0 saturated carbocycles. The van der Waals surface area contributed by atoms with Gasteiger partial charge in [0.15, 0.2) is 11.5 Å². The third kappa shape index (κ3) is 3.68. The Morgan fingerprint density at radius 1 is 0.906 bits per heavy atom. The fourth-order valence-electron chi connectivity index (χ4n) is 5.27. The van der Waals surface area contributed by atoms with Crippen molar-refractivity contribution in [1.82, 2.24) is 0 Å². The molecule has 2 aromatic rings. The molecular weight excluding hydrogens is 412 g/mol. The first-order valence-corrected chi connectivity index (χ1v) is 11.3. The number of aliphatic hydroxyl groups is 4. The molecule has 0 amide bonds. The van der Waals surface area contributed by atoms with Crippen LogP contribution in [0.2, 0.25) is 0 Å². The van der Waals surface area contributed by atoms with Crippen LogP contribution in [-0.4, -0.2) is 64.7 Å². The van der Waals surface area contributed by atoms with Gasteiger partial charge in [-0.2, -0.15) is 0 Å². The summed E-state index contributed by atoms with van der Waals surface area (Å²) in [6.07, 6.45) is -2.20. The van der Waals surface area contributed by atoms with E-state index in [9.17, 15) is 20.4 Å². The van der Waals surface area contributed by atoms with E-state index in [0.29, 0.717) is 19.6 Å². The van der Waals surface area contributed by atoms with Crippen LogP contribution in [-0.2, 0) is 24.0 Å². The minimum atomic E-state index is -1.38. The Morgan fingerprint density at radius 3 is 2.44 bits per heavy atom. The number of benzene rings is 2. The maximum atomic E-state index is 10.7. The lowest BCUT2D eigenvalue weighted by Gasteiger charge is -2.41. The van der Waals surface area contributed by atoms with E-state index in [0.717, 1.165) is 53.0 Å². The minimum Gasteiger partial charge on any atom is -0.486 e. The Kier molecular flexibility index (Phi) is 5.86. The third-order valence-corrected chi connectivity index (χ3v) is 7.03. The summed E-state index contributed by atoms with van der Waals surface area (Å²) >= 11 is 0. The smallest absolute Gasteiger partial charge is 0.161 e. The summed E-state index contributed by atoms with van der Waals surface area (Å²) in [5.41, 5.74) is 6.71. The summed E-state index contributed by atoms with van der Waals surface area (Å²) < 4.78 is 17.3. The minimum absolute atomic E-state index is 0.431. The predicted octanol–water partition coefficient (Wildman–Crippen LogP) is 1.36. The Labute approximate surface area is 187 Å². The molecule has 4 N–H and O–H groups in total. The molecule has 0 unspecified atom stereocenters. The summed E-state index contributed by atoms with van der Waals surface area (Å²) in [5.74, 6) is 1.51. The van der Waals surface area contributed by atoms with Gasteiger partial charge in [0.05, 0.1) is 6.61 Å². The molecule has 1 saturated heterocycles. The van der Waals surface area contributed by atoms with Gasteiger partial charge in [-0.1, -0.05) is 12.1 Å². The van der Waals surface area contributed by atoms with Crippen molar-refractivity contribution in [3.05, 3.63) is 57.6 Å². The highest BCUT2D eigenvalue weighted by molar-refractivity contribution is 5.52. The average Bonchev–Trinajstić information content (AvgIpc) is 3.30. The molecule has 1 aliphatic carbocycles. The van der Waals surface area contributed by atoms with Crippen molar-refractivity contribution in [1.29, 1.82) is 0 Å². The molecular formula is C25H30O7. The number of ether oxygens (including phenoxy) is 3. The fraction of sp³-hybridized carbons (Fsp3) is 0.520. The van der Waals surface area contributed by atoms with Gasteiger partial charge in [0.2, 0.25) is 0 Å². The van der Waals surface area contributed by atoms with Crippen molar-refractivity contribution in [2.24, 2.45) is 0 Å². The number of rotatable bonds is 4. The second-order valence-corrected chi connectivity index (χ2v) is 8.96. The standard InChI is InChI=1S/C25H30O7/c1-13-15(9-14-5-6-19-20(10-14)31-8-7-30-19)11-18(17-4-2-3-16(13)17)25-24(29)23(28)22(27)21(12-26)32-25/h5-6,10-11,21-29H,2-4,7-9,12H2,1H3/t21-,22-,23+,24-,25+/m1/s1. The van der Waals surface area contributed by atoms with Gasteiger partial charge in [-0.15, -0.1) is 0 Å². The molecule has 0 spiro atoms. The van der Waals surface area contributed by atoms with Crippen molar-refractivity contribution in [2.45, 2.75) is 63.1 Å². The first-order valence-electron chi connectivity index (χ1n) is 11.3. The van der Waals surface area contributed by atoms with Crippen molar-refractivity contribution in [2.75, 3.05) is 19.8 Å². The van der Waals surface area contributed by atoms with Crippen LogP contribution in [0.5, 0.6) is 11.5 Å². The number of aliphatic hydroxyl groups excluding tert-OH is 4. The molecule has 0 aromatic heterocycles. The van der Waals surface area contributed by atoms with Crippen LogP contribution in [0.15, 0.2) is 24.3 Å². The van der Waals surface area contributed by atoms with Crippen LogP contribution >= 0.6 is 0 Å². The second kappa shape index (κ2) is 8.65. The van der Waals surface area contributed by atoms with Gasteiger partial charge >= 0.3 is 0 Å². The quantitative estimate of drug-likeness (QED) is 0.566. The normalized spacial score (nSPS) is 29.1. The first-order chi connectivity index (χ1) is 15.5. The van der Waals surface area contributed by atoms with Crippen LogP contribution < -0.4 is 9.47 Å². The lowest BCUT2D eigenvalue weighted by molar-refractivity contribution is -0.231. The fourth-order valence-corrected chi connectivity index (χ4v) is 5.27. The molecule has 3 aliphatic rings. The van der Waals surface area contributed by atoms with Crippen LogP contribution in [0.3, 0.4) is 0 Å². The Hall–Kier alpha value is -2.16. The Balaban J connectivity index is 1.52. The zero-order valence-corrected chi connectivity index (χ0v) is 18.2. The van der Waals surface area contributed by atoms with E-state index in [1.54, 1.807) is 0 Å². The van der Waals surface area contributed by atoms with Crippen molar-refractivity contribution < 1.29 is 34.6 Å². The molecule has 2 aliphatic heterocycles. The lowest BCUT2D eigenvalue weighted by Crippen LogP contribution is -2.55. The Bertz CT molecular complexity index is 1000. The van der Waals surface area contributed by atoms with Gasteiger partial charge < -0.3 is 34.6 Å². The van der Waals surface area contributed by atoms with Gasteiger partial charge in [-0.3, -0.25) is 0 Å². The van der Waals surface area contributed by atoms with Crippen LogP contribution in [0, 0.1) is 6.92 Å². The molecule has 0 bridgehead atoms. The summed E-state index contributed by atoms with van der Waals surface area (Å²) in [4.78, 5) is 0. The molecule has 7 nitrogen and oxygen atoms in total. The SMILES string of the molecule is Cc1c(Cc2ccc3c(c2)OCCO3)cc([C@@H]2O[C@H](CO)[C@@H](O)[C@H](O)[C@H]2O)c2c1CCC2. The summed E-state index contributed by atoms with van der Waals surface area (Å²) in [6, 6.07) is 8.04. The van der Waals surface area contributed by atoms with E-state index in [-0.39, 0.29) is 0 Å². The zero-order chi connectivity index (χ0) is 22.4. The predicted molar refractivity (Wildman–Crippen MR) is 116 cm³/mol. The number of hydrogen-bond donors (Lipinski definition) is 4. The van der Waals surface area contributed by atoms with E-state index in [4.69, 9.17) is 14.2 Å². The second-order valence-electron chi connectivity index (χ2n) is 8.96. The van der Waals surface area contributed by atoms with Crippen molar-refractivity contribution >= 4 is 0 Å². The number of hydrogen-bond acceptors (Lipinski definition) is 7. The monoisotopic (exact) mass is 442 g/mol. The van der Waals surface area contributed by atoms with Crippen LogP contribution in [0.4, 0.5) is 0 Å². The summed E-state index contributed by atoms with van der Waals surface area (Å²) in [7, 11) is 0. The van der Waals surface area contributed by atoms with E-state index in [1.807, 2.05) is 18.2 Å². The Morgan fingerprint density at radius 2 is 1.66 bits per heavy atom. The molecule has 5 atom stereocenters. The van der Waals surface area contributed by atoms with Crippen molar-refractivity contribution in [3.63, 3.8) is 0 Å². The molecule has 0 radical (unpaired) electrons. The van der Waals surface area contributed by atoms with Gasteiger partial charge in [-0.05, 0) is 78.1 Å². The van der Waals surface area contributed by atoms with Gasteiger partial charge in [-0.25, -0.2) is 0 Å². The maximum Gasteiger partial charge on any atom is 0.161 e. The topological polar surface area (TPSA) is 109 Å². The zero-order valence-electron chi connectivity index (χ0n) is 18.2. The van der Waals surface area contributed by atoms with Crippen molar-refractivity contribution in [3.8, 4) is 11.5 Å². The van der Waals surface area contributed by atoms with Gasteiger partial charge in [0.25, 0.3) is 0 Å². The van der Waals surface area contributed by atoms with Crippen LogP contribution in [0.1, 0.15) is 45.9 Å². The molecule has 2 heterocycles. The lowest BCUT2D eigenvalue weighted by atomic mass is 9.84. The molecule has 2 aromatic carbocycles. The van der Waals surface area contributed by atoms with E-state index < -0.39 is 37.1 Å². The third-order valence-electron chi connectivity index (χ3n) is 7.03. The average molecular weight is 443 g/mol. The highest BCUT2D eigenvalue weighted by atomic mass is 16.6. The summed E-state index contributed by atoms with van der Waals surface area (Å²) in [5, 5.41) is 40.9. The van der Waals surface area contributed by atoms with Crippen LogP contribution in [0.25, 0.3) is 0 Å². The molecule has 1 fully saturated rings. The maximum absolute atomic E-state index is 10.7. The highest BCUT2D eigenvalue weighted by Crippen LogP contribution is 2.41. The largest absolute Gasteiger partial charge is 0.486 e. The van der Waals surface area contributed by atoms with E-state index >= 15 is 0 Å². The van der Waals surface area contributed by atoms with Gasteiger partial charge in [0, 0.05) is 0 Å². The first kappa shape index (κ1) is 21.7. The van der Waals surface area contributed by atoms with Gasteiger partial charge in [0.1, 0.15) is 43.7 Å². The molecule has 7 heteroatoms. The molecule has 5 rings (SSSR count). The molecule has 172 valence electrons.